The molecule has 2 unspecified atom stereocenters. The number of ether oxygens (including phenoxy) is 1. The molecule has 2 rings (SSSR count). The minimum absolute atomic E-state index is 0.0326. The molecule has 1 fully saturated rings. The molecule has 0 aromatic heterocycles. The second-order valence-electron chi connectivity index (χ2n) is 5.09. The monoisotopic (exact) mass is 302 g/mol. The molecule has 2 N–H and O–H groups in total. The highest BCUT2D eigenvalue weighted by molar-refractivity contribution is 6.35. The van der Waals surface area contributed by atoms with Crippen LogP contribution in [0, 0.1) is 0 Å². The summed E-state index contributed by atoms with van der Waals surface area (Å²) in [5.74, 6) is 0. The Morgan fingerprint density at radius 3 is 2.74 bits per heavy atom. The highest BCUT2D eigenvalue weighted by atomic mass is 35.5. The molecule has 1 heterocycles. The quantitative estimate of drug-likeness (QED) is 0.932. The average Bonchev–Trinajstić information content (AvgIpc) is 2.38. The predicted octanol–water partition coefficient (Wildman–Crippen LogP) is 3.10. The first-order chi connectivity index (χ1) is 9.04. The molecule has 0 spiro atoms. The van der Waals surface area contributed by atoms with Crippen molar-refractivity contribution in [2.24, 2.45) is 5.73 Å². The van der Waals surface area contributed by atoms with Crippen LogP contribution >= 0.6 is 23.2 Å². The third kappa shape index (κ3) is 3.23. The number of nitrogens with two attached hydrogens (primary N) is 1. The van der Waals surface area contributed by atoms with Gasteiger partial charge in [-0.15, -0.1) is 0 Å². The summed E-state index contributed by atoms with van der Waals surface area (Å²) in [6.45, 7) is 6.43. The van der Waals surface area contributed by atoms with Crippen LogP contribution in [0.4, 0.5) is 0 Å². The summed E-state index contributed by atoms with van der Waals surface area (Å²) in [6.07, 6.45) is -0.0326. The molecular weight excluding hydrogens is 283 g/mol. The van der Waals surface area contributed by atoms with Gasteiger partial charge >= 0.3 is 0 Å². The Bertz CT molecular complexity index is 439. The van der Waals surface area contributed by atoms with Gasteiger partial charge in [-0.1, -0.05) is 29.3 Å². The van der Waals surface area contributed by atoms with Gasteiger partial charge in [-0.05, 0) is 31.5 Å². The maximum absolute atomic E-state index is 6.35. The highest BCUT2D eigenvalue weighted by Gasteiger charge is 2.35. The molecule has 0 amide bonds. The molecule has 0 radical (unpaired) electrons. The fourth-order valence-corrected chi connectivity index (χ4v) is 3.17. The van der Waals surface area contributed by atoms with Crippen LogP contribution in [0.5, 0.6) is 0 Å². The zero-order valence-electron chi connectivity index (χ0n) is 11.3. The van der Waals surface area contributed by atoms with Crippen molar-refractivity contribution in [2.75, 3.05) is 19.7 Å². The van der Waals surface area contributed by atoms with Crippen molar-refractivity contribution in [3.8, 4) is 0 Å². The van der Waals surface area contributed by atoms with Crippen molar-refractivity contribution >= 4 is 23.2 Å². The molecule has 5 heteroatoms. The summed E-state index contributed by atoms with van der Waals surface area (Å²) < 4.78 is 5.80. The van der Waals surface area contributed by atoms with Crippen LogP contribution in [0.1, 0.15) is 25.5 Å². The number of halogens is 2. The van der Waals surface area contributed by atoms with Gasteiger partial charge < -0.3 is 10.5 Å². The van der Waals surface area contributed by atoms with Gasteiger partial charge in [0.1, 0.15) is 0 Å². The van der Waals surface area contributed by atoms with Crippen molar-refractivity contribution in [3.63, 3.8) is 0 Å². The first kappa shape index (κ1) is 15.1. The number of hydrogen-bond donors (Lipinski definition) is 1. The van der Waals surface area contributed by atoms with Crippen molar-refractivity contribution in [1.82, 2.24) is 4.90 Å². The summed E-state index contributed by atoms with van der Waals surface area (Å²) in [7, 11) is 0. The topological polar surface area (TPSA) is 38.5 Å². The van der Waals surface area contributed by atoms with E-state index in [4.69, 9.17) is 33.7 Å². The Morgan fingerprint density at radius 2 is 2.16 bits per heavy atom. The zero-order valence-corrected chi connectivity index (χ0v) is 12.8. The summed E-state index contributed by atoms with van der Waals surface area (Å²) in [5.41, 5.74) is 6.89. The number of benzene rings is 1. The molecule has 2 atom stereocenters. The van der Waals surface area contributed by atoms with Crippen LogP contribution in [-0.4, -0.2) is 36.7 Å². The molecule has 3 nitrogen and oxygen atoms in total. The Kier molecular flexibility index (Phi) is 5.09. The average molecular weight is 303 g/mol. The molecule has 106 valence electrons. The number of hydrogen-bond acceptors (Lipinski definition) is 3. The lowest BCUT2D eigenvalue weighted by atomic mass is 9.96. The Hall–Kier alpha value is -0.320. The Labute approximate surface area is 124 Å². The number of rotatable bonds is 3. The SMILES string of the molecule is CC(C)N1CCOC(CN)C1c1ccc(Cl)cc1Cl. The molecule has 1 aromatic carbocycles. The second kappa shape index (κ2) is 6.42. The van der Waals surface area contributed by atoms with E-state index in [-0.39, 0.29) is 12.1 Å². The Balaban J connectivity index is 2.39. The number of morpholine rings is 1. The van der Waals surface area contributed by atoms with Crippen LogP contribution in [-0.2, 0) is 4.74 Å². The summed E-state index contributed by atoms with van der Waals surface area (Å²) >= 11 is 12.3. The highest BCUT2D eigenvalue weighted by Crippen LogP contribution is 2.35. The van der Waals surface area contributed by atoms with Gasteiger partial charge in [0.15, 0.2) is 0 Å². The minimum Gasteiger partial charge on any atom is -0.374 e. The third-order valence-electron chi connectivity index (χ3n) is 3.57. The summed E-state index contributed by atoms with van der Waals surface area (Å²) in [5, 5.41) is 1.32. The Morgan fingerprint density at radius 1 is 1.42 bits per heavy atom. The maximum Gasteiger partial charge on any atom is 0.0894 e. The van der Waals surface area contributed by atoms with Crippen molar-refractivity contribution in [1.29, 1.82) is 0 Å². The van der Waals surface area contributed by atoms with Gasteiger partial charge in [-0.2, -0.15) is 0 Å². The van der Waals surface area contributed by atoms with E-state index >= 15 is 0 Å². The fraction of sp³-hybridized carbons (Fsp3) is 0.571. The molecule has 0 saturated carbocycles. The minimum atomic E-state index is -0.0326. The van der Waals surface area contributed by atoms with Crippen LogP contribution in [0.25, 0.3) is 0 Å². The molecule has 19 heavy (non-hydrogen) atoms. The molecule has 0 bridgehead atoms. The van der Waals surface area contributed by atoms with Gasteiger partial charge in [0, 0.05) is 29.2 Å². The van der Waals surface area contributed by atoms with E-state index in [0.717, 1.165) is 12.1 Å². The van der Waals surface area contributed by atoms with E-state index in [1.807, 2.05) is 12.1 Å². The van der Waals surface area contributed by atoms with E-state index in [2.05, 4.69) is 18.7 Å². The van der Waals surface area contributed by atoms with E-state index in [9.17, 15) is 0 Å². The predicted molar refractivity (Wildman–Crippen MR) is 79.8 cm³/mol. The van der Waals surface area contributed by atoms with Crippen LogP contribution < -0.4 is 5.73 Å². The van der Waals surface area contributed by atoms with E-state index in [1.165, 1.54) is 0 Å². The van der Waals surface area contributed by atoms with E-state index in [1.54, 1.807) is 6.07 Å². The molecule has 1 aliphatic rings. The van der Waals surface area contributed by atoms with E-state index in [0.29, 0.717) is 29.2 Å². The smallest absolute Gasteiger partial charge is 0.0894 e. The van der Waals surface area contributed by atoms with Crippen LogP contribution in [0.2, 0.25) is 10.0 Å². The van der Waals surface area contributed by atoms with E-state index < -0.39 is 0 Å². The van der Waals surface area contributed by atoms with Gasteiger partial charge in [0.2, 0.25) is 0 Å². The lowest BCUT2D eigenvalue weighted by Gasteiger charge is -2.43. The standard InChI is InChI=1S/C14H20Cl2N2O/c1-9(2)18-5-6-19-13(8-17)14(18)11-4-3-10(15)7-12(11)16/h3-4,7,9,13-14H,5-6,8,17H2,1-2H3. The van der Waals surface area contributed by atoms with Gasteiger partial charge in [-0.3, -0.25) is 4.90 Å². The van der Waals surface area contributed by atoms with Crippen LogP contribution in [0.3, 0.4) is 0 Å². The maximum atomic E-state index is 6.35. The van der Waals surface area contributed by atoms with Gasteiger partial charge in [0.25, 0.3) is 0 Å². The molecule has 1 aliphatic heterocycles. The van der Waals surface area contributed by atoms with Crippen molar-refractivity contribution in [2.45, 2.75) is 32.0 Å². The lowest BCUT2D eigenvalue weighted by Crippen LogP contribution is -2.50. The van der Waals surface area contributed by atoms with Crippen LogP contribution in [0.15, 0.2) is 18.2 Å². The largest absolute Gasteiger partial charge is 0.374 e. The molecular formula is C14H20Cl2N2O. The normalized spacial score (nSPS) is 24.9. The van der Waals surface area contributed by atoms with Gasteiger partial charge in [-0.25, -0.2) is 0 Å². The summed E-state index contributed by atoms with van der Waals surface area (Å²) in [6, 6.07) is 6.11. The van der Waals surface area contributed by atoms with Crippen molar-refractivity contribution < 1.29 is 4.74 Å². The fourth-order valence-electron chi connectivity index (χ4n) is 2.65. The van der Waals surface area contributed by atoms with Gasteiger partial charge in [0.05, 0.1) is 18.8 Å². The third-order valence-corrected chi connectivity index (χ3v) is 4.13. The second-order valence-corrected chi connectivity index (χ2v) is 5.93. The zero-order chi connectivity index (χ0) is 14.0. The number of nitrogens with zero attached hydrogens (tertiary/aromatic N) is 1. The molecule has 0 aliphatic carbocycles. The summed E-state index contributed by atoms with van der Waals surface area (Å²) in [4.78, 5) is 2.39. The van der Waals surface area contributed by atoms with Crippen molar-refractivity contribution in [3.05, 3.63) is 33.8 Å². The lowest BCUT2D eigenvalue weighted by molar-refractivity contribution is -0.0789. The first-order valence-corrected chi connectivity index (χ1v) is 7.32. The molecule has 1 aromatic rings. The molecule has 1 saturated heterocycles. The first-order valence-electron chi connectivity index (χ1n) is 6.57.